The van der Waals surface area contributed by atoms with Crippen LogP contribution in [0.2, 0.25) is 10.0 Å². The highest BCUT2D eigenvalue weighted by atomic mass is 35.5. The van der Waals surface area contributed by atoms with Crippen LogP contribution in [0.3, 0.4) is 0 Å². The highest BCUT2D eigenvalue weighted by molar-refractivity contribution is 7.99. The van der Waals surface area contributed by atoms with E-state index < -0.39 is 10.9 Å². The summed E-state index contributed by atoms with van der Waals surface area (Å²) in [5.41, 5.74) is 6.44. The van der Waals surface area contributed by atoms with E-state index in [9.17, 15) is 4.79 Å². The number of hydrogen-bond acceptors (Lipinski definition) is 7. The minimum atomic E-state index is -0.982. The topological polar surface area (TPSA) is 92.8 Å². The van der Waals surface area contributed by atoms with Crippen LogP contribution in [0.15, 0.2) is 29.2 Å². The van der Waals surface area contributed by atoms with Crippen molar-refractivity contribution in [3.8, 4) is 0 Å². The van der Waals surface area contributed by atoms with Gasteiger partial charge in [0.1, 0.15) is 5.84 Å². The summed E-state index contributed by atoms with van der Waals surface area (Å²) in [6, 6.07) is 0. The Bertz CT molecular complexity index is 731. The van der Waals surface area contributed by atoms with Crippen LogP contribution in [-0.2, 0) is 14.5 Å². The standard InChI is InChI=1S/C15H17Cl2N5O2S/c1-25-15(12-10(16)7-19-8-11(12)17)20-6-9(13(18)23)14(21-15)22-2-4-24-5-3-22/h6-8,20H,2-5H2,1H3,(H2,18,23). The number of amidine groups is 1. The number of nitrogens with two attached hydrogens (primary N) is 1. The molecule has 7 nitrogen and oxygen atoms in total. The summed E-state index contributed by atoms with van der Waals surface area (Å²) >= 11 is 14.1. The lowest BCUT2D eigenvalue weighted by atomic mass is 10.1. The molecule has 134 valence electrons. The van der Waals surface area contributed by atoms with Gasteiger partial charge in [-0.25, -0.2) is 4.99 Å². The van der Waals surface area contributed by atoms with Crippen molar-refractivity contribution in [3.63, 3.8) is 0 Å². The van der Waals surface area contributed by atoms with Gasteiger partial charge in [0.15, 0.2) is 0 Å². The molecule has 0 spiro atoms. The molecule has 0 bridgehead atoms. The summed E-state index contributed by atoms with van der Waals surface area (Å²) in [7, 11) is 0. The first kappa shape index (κ1) is 18.3. The number of ether oxygens (including phenoxy) is 1. The third-order valence-electron chi connectivity index (χ3n) is 3.98. The SMILES string of the molecule is CSC1(c2c(Cl)cncc2Cl)N=C(N2CCOCC2)C(C(N)=O)=CN1. The van der Waals surface area contributed by atoms with Crippen molar-refractivity contribution in [1.29, 1.82) is 0 Å². The van der Waals surface area contributed by atoms with Gasteiger partial charge in [-0.3, -0.25) is 9.78 Å². The zero-order valence-electron chi connectivity index (χ0n) is 13.5. The number of nitrogens with one attached hydrogen (secondary N) is 1. The Kier molecular flexibility index (Phi) is 5.43. The van der Waals surface area contributed by atoms with Crippen LogP contribution < -0.4 is 11.1 Å². The first-order chi connectivity index (χ1) is 12.0. The second-order valence-electron chi connectivity index (χ2n) is 5.43. The number of halogens is 2. The van der Waals surface area contributed by atoms with E-state index in [2.05, 4.69) is 10.3 Å². The molecular weight excluding hydrogens is 385 g/mol. The molecule has 10 heteroatoms. The molecule has 0 aromatic carbocycles. The molecule has 1 aromatic rings. The summed E-state index contributed by atoms with van der Waals surface area (Å²) < 4.78 is 5.38. The number of thioether (sulfide) groups is 1. The van der Waals surface area contributed by atoms with Crippen LogP contribution in [-0.4, -0.2) is 54.2 Å². The third-order valence-corrected chi connectivity index (χ3v) is 5.56. The van der Waals surface area contributed by atoms with Gasteiger partial charge in [-0.2, -0.15) is 0 Å². The summed E-state index contributed by atoms with van der Waals surface area (Å²) in [4.78, 5) is 21.7. The average molecular weight is 402 g/mol. The fraction of sp³-hybridized carbons (Fsp3) is 0.400. The van der Waals surface area contributed by atoms with E-state index in [0.717, 1.165) is 0 Å². The summed E-state index contributed by atoms with van der Waals surface area (Å²) in [5, 5.41) is 3.91. The van der Waals surface area contributed by atoms with Crippen molar-refractivity contribution < 1.29 is 9.53 Å². The number of rotatable bonds is 3. The van der Waals surface area contributed by atoms with Crippen molar-refractivity contribution in [2.24, 2.45) is 10.7 Å². The van der Waals surface area contributed by atoms with Crippen molar-refractivity contribution in [2.45, 2.75) is 4.99 Å². The number of nitrogens with zero attached hydrogens (tertiary/aromatic N) is 3. The van der Waals surface area contributed by atoms with Gasteiger partial charge < -0.3 is 20.7 Å². The summed E-state index contributed by atoms with van der Waals surface area (Å²) in [6.45, 7) is 2.35. The van der Waals surface area contributed by atoms with E-state index in [-0.39, 0.29) is 0 Å². The van der Waals surface area contributed by atoms with E-state index in [1.54, 1.807) is 6.20 Å². The Morgan fingerprint density at radius 2 is 2.00 bits per heavy atom. The molecule has 2 aliphatic rings. The minimum Gasteiger partial charge on any atom is -0.378 e. The van der Waals surface area contributed by atoms with Gasteiger partial charge in [0.2, 0.25) is 4.99 Å². The smallest absolute Gasteiger partial charge is 0.253 e. The average Bonchev–Trinajstić information content (AvgIpc) is 2.62. The molecule has 1 aromatic heterocycles. The lowest BCUT2D eigenvalue weighted by Crippen LogP contribution is -2.49. The first-order valence-electron chi connectivity index (χ1n) is 7.53. The largest absolute Gasteiger partial charge is 0.378 e. The highest BCUT2D eigenvalue weighted by Gasteiger charge is 2.40. The van der Waals surface area contributed by atoms with Gasteiger partial charge in [0, 0.05) is 31.7 Å². The number of primary amides is 1. The van der Waals surface area contributed by atoms with Gasteiger partial charge in [-0.1, -0.05) is 23.2 Å². The quantitative estimate of drug-likeness (QED) is 0.798. The molecule has 0 saturated carbocycles. The zero-order chi connectivity index (χ0) is 18.0. The third kappa shape index (κ3) is 3.44. The molecule has 1 unspecified atom stereocenters. The number of aromatic nitrogens is 1. The van der Waals surface area contributed by atoms with Crippen LogP contribution in [0.5, 0.6) is 0 Å². The molecule has 1 amide bonds. The van der Waals surface area contributed by atoms with Crippen LogP contribution in [0.25, 0.3) is 0 Å². The fourth-order valence-electron chi connectivity index (χ4n) is 2.74. The zero-order valence-corrected chi connectivity index (χ0v) is 15.8. The molecule has 1 fully saturated rings. The Balaban J connectivity index is 2.12. The Morgan fingerprint density at radius 3 is 2.56 bits per heavy atom. The number of aliphatic imine (C=N–C) groups is 1. The van der Waals surface area contributed by atoms with Gasteiger partial charge in [0.05, 0.1) is 34.4 Å². The van der Waals surface area contributed by atoms with E-state index in [1.807, 2.05) is 11.2 Å². The van der Waals surface area contributed by atoms with Crippen LogP contribution in [0.4, 0.5) is 0 Å². The Hall–Kier alpha value is -1.48. The lowest BCUT2D eigenvalue weighted by molar-refractivity contribution is -0.114. The van der Waals surface area contributed by atoms with E-state index in [1.165, 1.54) is 24.2 Å². The predicted molar refractivity (Wildman–Crippen MR) is 99.7 cm³/mol. The Morgan fingerprint density at radius 1 is 1.36 bits per heavy atom. The van der Waals surface area contributed by atoms with E-state index in [0.29, 0.717) is 53.3 Å². The van der Waals surface area contributed by atoms with Gasteiger partial charge in [-0.15, -0.1) is 11.8 Å². The number of carbonyl (C=O) groups excluding carboxylic acids is 1. The molecule has 25 heavy (non-hydrogen) atoms. The molecule has 3 heterocycles. The number of amides is 1. The van der Waals surface area contributed by atoms with Gasteiger partial charge in [-0.05, 0) is 6.26 Å². The monoisotopic (exact) mass is 401 g/mol. The van der Waals surface area contributed by atoms with Crippen LogP contribution in [0, 0.1) is 0 Å². The fourth-order valence-corrected chi connectivity index (χ4v) is 4.27. The molecule has 2 aliphatic heterocycles. The number of hydrogen-bond donors (Lipinski definition) is 2. The summed E-state index contributed by atoms with van der Waals surface area (Å²) in [5.74, 6) is -0.0489. The van der Waals surface area contributed by atoms with Crippen LogP contribution in [0.1, 0.15) is 5.56 Å². The van der Waals surface area contributed by atoms with Crippen molar-refractivity contribution in [2.75, 3.05) is 32.6 Å². The molecule has 3 rings (SSSR count). The van der Waals surface area contributed by atoms with Crippen molar-refractivity contribution >= 4 is 46.7 Å². The molecule has 1 saturated heterocycles. The van der Waals surface area contributed by atoms with E-state index >= 15 is 0 Å². The maximum atomic E-state index is 11.9. The minimum absolute atomic E-state index is 0.313. The normalized spacial score (nSPS) is 23.6. The van der Waals surface area contributed by atoms with Crippen molar-refractivity contribution in [1.82, 2.24) is 15.2 Å². The maximum absolute atomic E-state index is 11.9. The lowest BCUT2D eigenvalue weighted by Gasteiger charge is -2.38. The predicted octanol–water partition coefficient (Wildman–Crippen LogP) is 1.56. The molecule has 1 atom stereocenters. The van der Waals surface area contributed by atoms with Gasteiger partial charge >= 0.3 is 0 Å². The first-order valence-corrected chi connectivity index (χ1v) is 9.52. The molecular formula is C15H17Cl2N5O2S. The van der Waals surface area contributed by atoms with Crippen molar-refractivity contribution in [3.05, 3.63) is 39.8 Å². The summed E-state index contributed by atoms with van der Waals surface area (Å²) in [6.07, 6.45) is 6.48. The molecule has 3 N–H and O–H groups in total. The number of carbonyl (C=O) groups is 1. The molecule has 0 radical (unpaired) electrons. The Labute approximate surface area is 159 Å². The van der Waals surface area contributed by atoms with E-state index in [4.69, 9.17) is 38.7 Å². The second-order valence-corrected chi connectivity index (χ2v) is 7.24. The highest BCUT2D eigenvalue weighted by Crippen LogP contribution is 2.43. The maximum Gasteiger partial charge on any atom is 0.253 e. The number of morpholine rings is 1. The van der Waals surface area contributed by atoms with Crippen LogP contribution >= 0.6 is 35.0 Å². The second kappa shape index (κ2) is 7.41. The van der Waals surface area contributed by atoms with Gasteiger partial charge in [0.25, 0.3) is 5.91 Å². The molecule has 0 aliphatic carbocycles. The number of pyridine rings is 1.